The largest absolute Gasteiger partial charge is 0.366 e. The number of carbonyl (C=O) groups excluding carboxylic acids is 1. The Labute approximate surface area is 84.9 Å². The number of hydrogen-bond donors (Lipinski definition) is 2. The molecule has 0 atom stereocenters. The van der Waals surface area contributed by atoms with E-state index in [1.54, 1.807) is 19.1 Å². The van der Waals surface area contributed by atoms with Crippen molar-refractivity contribution in [2.75, 3.05) is 0 Å². The number of H-pyrrole nitrogens is 1. The van der Waals surface area contributed by atoms with Gasteiger partial charge in [0.15, 0.2) is 0 Å². The van der Waals surface area contributed by atoms with Crippen molar-refractivity contribution in [2.24, 2.45) is 5.73 Å². The lowest BCUT2D eigenvalue weighted by molar-refractivity contribution is 0.100. The summed E-state index contributed by atoms with van der Waals surface area (Å²) in [4.78, 5) is 29.4. The Hall–Kier alpha value is -2.17. The number of aromatic amines is 1. The predicted octanol–water partition coefficient (Wildman–Crippen LogP) is 0.330. The Morgan fingerprint density at radius 3 is 2.87 bits per heavy atom. The molecule has 0 spiro atoms. The van der Waals surface area contributed by atoms with Gasteiger partial charge < -0.3 is 10.7 Å². The molecule has 0 bridgehead atoms. The van der Waals surface area contributed by atoms with Crippen molar-refractivity contribution in [3.8, 4) is 0 Å². The fourth-order valence-corrected chi connectivity index (χ4v) is 1.51. The summed E-state index contributed by atoms with van der Waals surface area (Å²) in [5.41, 5.74) is 5.50. The van der Waals surface area contributed by atoms with E-state index in [0.717, 1.165) is 0 Å². The molecular weight excluding hydrogens is 194 g/mol. The molecular formula is C10H9N3O2. The average molecular weight is 203 g/mol. The lowest BCUT2D eigenvalue weighted by Gasteiger charge is -2.01. The minimum absolute atomic E-state index is 0.196. The van der Waals surface area contributed by atoms with E-state index >= 15 is 0 Å². The highest BCUT2D eigenvalue weighted by Crippen LogP contribution is 2.11. The molecule has 0 aliphatic rings. The van der Waals surface area contributed by atoms with Gasteiger partial charge in [0.2, 0.25) is 5.91 Å². The van der Waals surface area contributed by atoms with Gasteiger partial charge in [0.25, 0.3) is 5.56 Å². The van der Waals surface area contributed by atoms with E-state index in [0.29, 0.717) is 11.3 Å². The van der Waals surface area contributed by atoms with Crippen LogP contribution in [0.4, 0.5) is 0 Å². The smallest absolute Gasteiger partial charge is 0.259 e. The minimum Gasteiger partial charge on any atom is -0.366 e. The summed E-state index contributed by atoms with van der Waals surface area (Å²) < 4.78 is 0. The lowest BCUT2D eigenvalue weighted by Crippen LogP contribution is -2.18. The zero-order chi connectivity index (χ0) is 11.0. The molecule has 0 radical (unpaired) electrons. The average Bonchev–Trinajstić information content (AvgIpc) is 2.16. The molecule has 2 aromatic rings. The van der Waals surface area contributed by atoms with Crippen LogP contribution >= 0.6 is 0 Å². The highest BCUT2D eigenvalue weighted by Gasteiger charge is 2.10. The van der Waals surface area contributed by atoms with Gasteiger partial charge in [-0.3, -0.25) is 9.59 Å². The first-order chi connectivity index (χ1) is 7.09. The van der Waals surface area contributed by atoms with Crippen molar-refractivity contribution < 1.29 is 4.79 Å². The highest BCUT2D eigenvalue weighted by molar-refractivity contribution is 6.04. The van der Waals surface area contributed by atoms with Gasteiger partial charge in [0.1, 0.15) is 5.82 Å². The third-order valence-corrected chi connectivity index (χ3v) is 2.12. The molecule has 15 heavy (non-hydrogen) atoms. The van der Waals surface area contributed by atoms with E-state index in [2.05, 4.69) is 9.97 Å². The van der Waals surface area contributed by atoms with Crippen molar-refractivity contribution in [3.05, 3.63) is 39.9 Å². The van der Waals surface area contributed by atoms with Gasteiger partial charge in [0.05, 0.1) is 16.5 Å². The molecule has 1 amide bonds. The molecule has 76 valence electrons. The summed E-state index contributed by atoms with van der Waals surface area (Å²) in [7, 11) is 0. The van der Waals surface area contributed by atoms with Crippen molar-refractivity contribution in [1.29, 1.82) is 0 Å². The molecule has 0 unspecified atom stereocenters. The van der Waals surface area contributed by atoms with Crippen LogP contribution in [0.25, 0.3) is 10.9 Å². The summed E-state index contributed by atoms with van der Waals surface area (Å²) in [5, 5.41) is 0.246. The number of carbonyl (C=O) groups is 1. The molecule has 1 aromatic heterocycles. The van der Waals surface area contributed by atoms with Crippen molar-refractivity contribution in [3.63, 3.8) is 0 Å². The number of primary amides is 1. The molecule has 0 fully saturated rings. The van der Waals surface area contributed by atoms with Gasteiger partial charge in [-0.05, 0) is 19.1 Å². The van der Waals surface area contributed by atoms with E-state index in [1.807, 2.05) is 0 Å². The van der Waals surface area contributed by atoms with E-state index in [4.69, 9.17) is 5.73 Å². The summed E-state index contributed by atoms with van der Waals surface area (Å²) in [5.74, 6) is -0.120. The maximum absolute atomic E-state index is 11.6. The van der Waals surface area contributed by atoms with Crippen LogP contribution < -0.4 is 11.3 Å². The van der Waals surface area contributed by atoms with Gasteiger partial charge in [-0.25, -0.2) is 4.98 Å². The fraction of sp³-hybridized carbons (Fsp3) is 0.100. The quantitative estimate of drug-likeness (QED) is 0.699. The first-order valence-electron chi connectivity index (χ1n) is 4.39. The third kappa shape index (κ3) is 1.48. The SMILES string of the molecule is Cc1nc2cccc(C(N)=O)c2c(=O)[nH]1. The molecule has 0 saturated heterocycles. The van der Waals surface area contributed by atoms with Gasteiger partial charge in [0, 0.05) is 0 Å². The Balaban J connectivity index is 2.98. The molecule has 0 saturated carbocycles. The molecule has 0 aliphatic heterocycles. The summed E-state index contributed by atoms with van der Waals surface area (Å²) in [6, 6.07) is 4.83. The maximum atomic E-state index is 11.6. The minimum atomic E-state index is -0.628. The molecule has 5 nitrogen and oxygen atoms in total. The Bertz CT molecular complexity index is 601. The van der Waals surface area contributed by atoms with Gasteiger partial charge in [-0.2, -0.15) is 0 Å². The second kappa shape index (κ2) is 3.20. The third-order valence-electron chi connectivity index (χ3n) is 2.12. The number of nitrogens with two attached hydrogens (primary N) is 1. The molecule has 5 heteroatoms. The van der Waals surface area contributed by atoms with Crippen LogP contribution in [0.5, 0.6) is 0 Å². The van der Waals surface area contributed by atoms with E-state index in [9.17, 15) is 9.59 Å². The summed E-state index contributed by atoms with van der Waals surface area (Å²) in [6.07, 6.45) is 0. The second-order valence-corrected chi connectivity index (χ2v) is 3.22. The number of fused-ring (bicyclic) bond motifs is 1. The lowest BCUT2D eigenvalue weighted by atomic mass is 10.1. The van der Waals surface area contributed by atoms with Crippen LogP contribution in [0.2, 0.25) is 0 Å². The number of nitrogens with one attached hydrogen (secondary N) is 1. The van der Waals surface area contributed by atoms with E-state index < -0.39 is 5.91 Å². The van der Waals surface area contributed by atoms with Gasteiger partial charge in [-0.15, -0.1) is 0 Å². The number of hydrogen-bond acceptors (Lipinski definition) is 3. The zero-order valence-corrected chi connectivity index (χ0v) is 8.07. The Morgan fingerprint density at radius 2 is 2.20 bits per heavy atom. The Kier molecular flexibility index (Phi) is 2.00. The summed E-state index contributed by atoms with van der Waals surface area (Å²) in [6.45, 7) is 1.68. The van der Waals surface area contributed by atoms with Crippen LogP contribution in [0, 0.1) is 6.92 Å². The van der Waals surface area contributed by atoms with Gasteiger partial charge in [-0.1, -0.05) is 6.07 Å². The molecule has 2 rings (SSSR count). The monoisotopic (exact) mass is 203 g/mol. The van der Waals surface area contributed by atoms with Crippen molar-refractivity contribution >= 4 is 16.8 Å². The first-order valence-corrected chi connectivity index (χ1v) is 4.39. The second-order valence-electron chi connectivity index (χ2n) is 3.22. The normalized spacial score (nSPS) is 10.5. The van der Waals surface area contributed by atoms with E-state index in [1.165, 1.54) is 6.07 Å². The number of rotatable bonds is 1. The van der Waals surface area contributed by atoms with Crippen molar-refractivity contribution in [2.45, 2.75) is 6.92 Å². The van der Waals surface area contributed by atoms with Crippen molar-refractivity contribution in [1.82, 2.24) is 9.97 Å². The van der Waals surface area contributed by atoms with E-state index in [-0.39, 0.29) is 16.5 Å². The number of benzene rings is 1. The van der Waals surface area contributed by atoms with Crippen LogP contribution in [-0.2, 0) is 0 Å². The molecule has 1 aromatic carbocycles. The van der Waals surface area contributed by atoms with Crippen LogP contribution in [0.3, 0.4) is 0 Å². The topological polar surface area (TPSA) is 88.8 Å². The first kappa shape index (κ1) is 9.39. The molecule has 0 aliphatic carbocycles. The predicted molar refractivity (Wildman–Crippen MR) is 55.6 cm³/mol. The van der Waals surface area contributed by atoms with Crippen LogP contribution in [0.15, 0.2) is 23.0 Å². The number of amides is 1. The summed E-state index contributed by atoms with van der Waals surface area (Å²) >= 11 is 0. The fourth-order valence-electron chi connectivity index (χ4n) is 1.51. The van der Waals surface area contributed by atoms with Crippen LogP contribution in [0.1, 0.15) is 16.2 Å². The Morgan fingerprint density at radius 1 is 1.47 bits per heavy atom. The molecule has 3 N–H and O–H groups in total. The molecule has 1 heterocycles. The number of aryl methyl sites for hydroxylation is 1. The van der Waals surface area contributed by atoms with Gasteiger partial charge >= 0.3 is 0 Å². The maximum Gasteiger partial charge on any atom is 0.259 e. The zero-order valence-electron chi connectivity index (χ0n) is 8.07. The van der Waals surface area contributed by atoms with Crippen LogP contribution in [-0.4, -0.2) is 15.9 Å². The number of nitrogens with zero attached hydrogens (tertiary/aromatic N) is 1. The standard InChI is InChI=1S/C10H9N3O2/c1-5-12-7-4-2-3-6(9(11)14)8(7)10(15)13-5/h2-4H,1H3,(H2,11,14)(H,12,13,15). The highest BCUT2D eigenvalue weighted by atomic mass is 16.1. The number of aromatic nitrogens is 2.